The predicted molar refractivity (Wildman–Crippen MR) is 108 cm³/mol. The summed E-state index contributed by atoms with van der Waals surface area (Å²) in [5.41, 5.74) is 2.41. The van der Waals surface area contributed by atoms with Gasteiger partial charge >= 0.3 is 6.18 Å². The van der Waals surface area contributed by atoms with Crippen molar-refractivity contribution in [3.8, 4) is 22.8 Å². The molecule has 0 unspecified atom stereocenters. The largest absolute Gasteiger partial charge is 0.493 e. The highest BCUT2D eigenvalue weighted by atomic mass is 19.4. The van der Waals surface area contributed by atoms with Crippen LogP contribution in [0.5, 0.6) is 11.5 Å². The SMILES string of the molecule is Fc1ccc2c3c1CNc1c(cc(-c4ccn(CC(F)(F)F)n4)c4nncn14)OC[C@@H]3CO2. The van der Waals surface area contributed by atoms with Crippen LogP contribution < -0.4 is 14.8 Å². The van der Waals surface area contributed by atoms with E-state index in [0.717, 1.165) is 10.2 Å². The van der Waals surface area contributed by atoms with E-state index >= 15 is 0 Å². The lowest BCUT2D eigenvalue weighted by molar-refractivity contribution is -0.142. The Balaban J connectivity index is 1.44. The highest BCUT2D eigenvalue weighted by molar-refractivity contribution is 5.80. The van der Waals surface area contributed by atoms with Crippen molar-refractivity contribution in [2.75, 3.05) is 18.5 Å². The summed E-state index contributed by atoms with van der Waals surface area (Å²) in [6, 6.07) is 6.14. The van der Waals surface area contributed by atoms with E-state index < -0.39 is 12.7 Å². The Hall–Kier alpha value is -3.83. The van der Waals surface area contributed by atoms with Gasteiger partial charge in [-0.1, -0.05) is 0 Å². The quantitative estimate of drug-likeness (QED) is 0.459. The molecule has 0 fully saturated rings. The van der Waals surface area contributed by atoms with Gasteiger partial charge in [0, 0.05) is 23.9 Å². The lowest BCUT2D eigenvalue weighted by Gasteiger charge is -2.16. The third-order valence-corrected chi connectivity index (χ3v) is 5.78. The number of nitrogens with zero attached hydrogens (tertiary/aromatic N) is 5. The van der Waals surface area contributed by atoms with Crippen LogP contribution >= 0.6 is 0 Å². The number of nitrogens with one attached hydrogen (secondary N) is 1. The molecule has 2 aliphatic heterocycles. The molecular weight excluding hydrogens is 444 g/mol. The van der Waals surface area contributed by atoms with Crippen LogP contribution in [0.25, 0.3) is 16.9 Å². The number of pyridine rings is 1. The van der Waals surface area contributed by atoms with Crippen molar-refractivity contribution in [2.45, 2.75) is 25.2 Å². The lowest BCUT2D eigenvalue weighted by atomic mass is 9.96. The van der Waals surface area contributed by atoms with Crippen LogP contribution in [0.15, 0.2) is 36.8 Å². The number of benzene rings is 1. The van der Waals surface area contributed by atoms with Crippen LogP contribution in [-0.4, -0.2) is 43.8 Å². The molecule has 0 saturated carbocycles. The molecule has 170 valence electrons. The van der Waals surface area contributed by atoms with Crippen LogP contribution in [0.2, 0.25) is 0 Å². The van der Waals surface area contributed by atoms with Gasteiger partial charge in [-0.2, -0.15) is 18.3 Å². The van der Waals surface area contributed by atoms with Crippen molar-refractivity contribution in [3.63, 3.8) is 0 Å². The number of anilines is 1. The molecule has 1 atom stereocenters. The van der Waals surface area contributed by atoms with Gasteiger partial charge in [0.05, 0.1) is 30.4 Å². The van der Waals surface area contributed by atoms with Gasteiger partial charge < -0.3 is 14.8 Å². The number of fused-ring (bicyclic) bond motifs is 3. The maximum Gasteiger partial charge on any atom is 0.408 e. The Bertz CT molecular complexity index is 1380. The minimum atomic E-state index is -4.39. The van der Waals surface area contributed by atoms with Gasteiger partial charge in [-0.3, -0.25) is 9.08 Å². The third-order valence-electron chi connectivity index (χ3n) is 5.78. The molecule has 1 N–H and O–H groups in total. The summed E-state index contributed by atoms with van der Waals surface area (Å²) >= 11 is 0. The average molecular weight is 460 g/mol. The van der Waals surface area contributed by atoms with Gasteiger partial charge in [0.25, 0.3) is 0 Å². The van der Waals surface area contributed by atoms with Gasteiger partial charge in [-0.25, -0.2) is 4.39 Å². The fourth-order valence-electron chi connectivity index (χ4n) is 4.35. The fourth-order valence-corrected chi connectivity index (χ4v) is 4.35. The minimum absolute atomic E-state index is 0.162. The minimum Gasteiger partial charge on any atom is -0.493 e. The Morgan fingerprint density at radius 3 is 2.76 bits per heavy atom. The first-order valence-corrected chi connectivity index (χ1v) is 10.2. The average Bonchev–Trinajstić information content (AvgIpc) is 3.50. The van der Waals surface area contributed by atoms with E-state index in [-0.39, 0.29) is 24.9 Å². The maximum absolute atomic E-state index is 14.7. The van der Waals surface area contributed by atoms with Gasteiger partial charge in [0.15, 0.2) is 17.2 Å². The lowest BCUT2D eigenvalue weighted by Crippen LogP contribution is -2.18. The molecule has 8 nitrogen and oxygen atoms in total. The highest BCUT2D eigenvalue weighted by Gasteiger charge is 2.32. The van der Waals surface area contributed by atoms with Crippen molar-refractivity contribution >= 4 is 11.5 Å². The molecule has 12 heteroatoms. The van der Waals surface area contributed by atoms with E-state index in [1.54, 1.807) is 16.5 Å². The molecule has 33 heavy (non-hydrogen) atoms. The molecular formula is C21H16F4N6O2. The molecule has 1 aromatic carbocycles. The normalized spacial score (nSPS) is 17.3. The second-order valence-electron chi connectivity index (χ2n) is 7.92. The third kappa shape index (κ3) is 3.33. The van der Waals surface area contributed by atoms with Crippen LogP contribution in [0, 0.1) is 5.82 Å². The smallest absolute Gasteiger partial charge is 0.408 e. The van der Waals surface area contributed by atoms with Crippen LogP contribution in [0.3, 0.4) is 0 Å². The van der Waals surface area contributed by atoms with E-state index in [1.807, 2.05) is 0 Å². The summed E-state index contributed by atoms with van der Waals surface area (Å²) in [6.45, 7) is -0.427. The molecule has 5 heterocycles. The Morgan fingerprint density at radius 2 is 1.94 bits per heavy atom. The van der Waals surface area contributed by atoms with E-state index in [9.17, 15) is 17.6 Å². The second kappa shape index (κ2) is 7.09. The zero-order valence-corrected chi connectivity index (χ0v) is 16.9. The molecule has 2 aliphatic rings. The van der Waals surface area contributed by atoms with Gasteiger partial charge in [0.2, 0.25) is 0 Å². The van der Waals surface area contributed by atoms with Gasteiger partial charge in [-0.05, 0) is 24.3 Å². The Labute approximate surface area is 183 Å². The number of ether oxygens (including phenoxy) is 2. The second-order valence-corrected chi connectivity index (χ2v) is 7.92. The molecule has 0 radical (unpaired) electrons. The number of hydrogen-bond acceptors (Lipinski definition) is 6. The summed E-state index contributed by atoms with van der Waals surface area (Å²) in [5.74, 6) is 1.06. The monoisotopic (exact) mass is 460 g/mol. The van der Waals surface area contributed by atoms with Gasteiger partial charge in [0.1, 0.15) is 24.4 Å². The summed E-state index contributed by atoms with van der Waals surface area (Å²) in [5, 5.41) is 15.3. The van der Waals surface area contributed by atoms with E-state index in [2.05, 4.69) is 20.6 Å². The summed E-state index contributed by atoms with van der Waals surface area (Å²) in [6.07, 6.45) is -1.68. The molecule has 4 aromatic rings. The first-order valence-electron chi connectivity index (χ1n) is 10.2. The summed E-state index contributed by atoms with van der Waals surface area (Å²) in [7, 11) is 0. The number of hydrogen-bond donors (Lipinski definition) is 1. The molecule has 0 aliphatic carbocycles. The van der Waals surface area contributed by atoms with Crippen LogP contribution in [0.1, 0.15) is 17.0 Å². The number of alkyl halides is 3. The van der Waals surface area contributed by atoms with E-state index in [0.29, 0.717) is 46.4 Å². The Morgan fingerprint density at radius 1 is 1.12 bits per heavy atom. The van der Waals surface area contributed by atoms with Crippen molar-refractivity contribution < 1.29 is 27.0 Å². The standard InChI is InChI=1S/C21H16F4N6O2/c22-14-1-2-16-18-11(7-32-16)8-33-17-5-12(15-3-4-30(29-15)9-21(23,24)25)19-28-27-10-31(19)20(17)26-6-13(14)18/h1-5,10-11,26H,6-9H2/t11-/m0/s1. The molecule has 3 aromatic heterocycles. The first-order chi connectivity index (χ1) is 15.9. The van der Waals surface area contributed by atoms with Crippen LogP contribution in [-0.2, 0) is 13.1 Å². The summed E-state index contributed by atoms with van der Waals surface area (Å²) in [4.78, 5) is 0. The maximum atomic E-state index is 14.7. The van der Waals surface area contributed by atoms with Crippen molar-refractivity contribution in [2.24, 2.45) is 0 Å². The zero-order valence-electron chi connectivity index (χ0n) is 16.9. The predicted octanol–water partition coefficient (Wildman–Crippen LogP) is 3.77. The molecule has 0 amide bonds. The van der Waals surface area contributed by atoms with Crippen molar-refractivity contribution in [1.82, 2.24) is 24.4 Å². The van der Waals surface area contributed by atoms with Crippen molar-refractivity contribution in [3.05, 3.63) is 53.7 Å². The molecule has 0 spiro atoms. The van der Waals surface area contributed by atoms with Gasteiger partial charge in [-0.15, -0.1) is 10.2 Å². The number of rotatable bonds is 2. The zero-order chi connectivity index (χ0) is 22.7. The van der Waals surface area contributed by atoms with E-state index in [4.69, 9.17) is 9.47 Å². The topological polar surface area (TPSA) is 78.5 Å². The molecule has 0 bridgehead atoms. The fraction of sp³-hybridized carbons (Fsp3) is 0.286. The number of aromatic nitrogens is 5. The van der Waals surface area contributed by atoms with Crippen molar-refractivity contribution in [1.29, 1.82) is 0 Å². The summed E-state index contributed by atoms with van der Waals surface area (Å²) < 4.78 is 67.2. The van der Waals surface area contributed by atoms with Crippen LogP contribution in [0.4, 0.5) is 23.4 Å². The Kier molecular flexibility index (Phi) is 4.26. The first kappa shape index (κ1) is 19.8. The highest BCUT2D eigenvalue weighted by Crippen LogP contribution is 2.41. The molecule has 6 rings (SSSR count). The molecule has 0 saturated heterocycles. The number of halogens is 4. The van der Waals surface area contributed by atoms with E-state index in [1.165, 1.54) is 24.7 Å².